The molecular weight excluding hydrogens is 448 g/mol. The van der Waals surface area contributed by atoms with Gasteiger partial charge in [0.15, 0.2) is 5.84 Å². The van der Waals surface area contributed by atoms with Crippen molar-refractivity contribution in [3.8, 4) is 11.3 Å². The molecule has 0 spiro atoms. The number of aromatic amines is 1. The number of aromatic nitrogens is 2. The second-order valence-electron chi connectivity index (χ2n) is 9.14. The summed E-state index contributed by atoms with van der Waals surface area (Å²) in [5.41, 5.74) is 10.6. The number of rotatable bonds is 10. The van der Waals surface area contributed by atoms with E-state index in [4.69, 9.17) is 16.1 Å². The summed E-state index contributed by atoms with van der Waals surface area (Å²) in [4.78, 5) is 26.4. The van der Waals surface area contributed by atoms with E-state index in [9.17, 15) is 4.79 Å². The Bertz CT molecular complexity index is 1210. The molecule has 1 aliphatic carbocycles. The highest BCUT2D eigenvalue weighted by Crippen LogP contribution is 2.32. The van der Waals surface area contributed by atoms with Crippen molar-refractivity contribution in [2.75, 3.05) is 0 Å². The number of nitrogens with two attached hydrogens (primary N) is 1. The lowest BCUT2D eigenvalue weighted by atomic mass is 10.0. The van der Waals surface area contributed by atoms with Crippen LogP contribution in [0.3, 0.4) is 0 Å². The quantitative estimate of drug-likeness (QED) is 0.205. The lowest BCUT2D eigenvalue weighted by Crippen LogP contribution is -2.42. The Morgan fingerprint density at radius 2 is 2.08 bits per heavy atom. The number of aryl methyl sites for hydroxylation is 1. The Kier molecular flexibility index (Phi) is 9.17. The zero-order valence-electron chi connectivity index (χ0n) is 22.0. The van der Waals surface area contributed by atoms with Gasteiger partial charge in [-0.15, -0.1) is 0 Å². The fourth-order valence-corrected chi connectivity index (χ4v) is 3.78. The van der Waals surface area contributed by atoms with Gasteiger partial charge in [-0.05, 0) is 63.6 Å². The van der Waals surface area contributed by atoms with Gasteiger partial charge < -0.3 is 10.7 Å². The van der Waals surface area contributed by atoms with Gasteiger partial charge in [-0.1, -0.05) is 56.4 Å². The Labute approximate surface area is 214 Å². The Hall–Kier alpha value is -3.74. The number of H-pyrrole nitrogens is 1. The predicted octanol–water partition coefficient (Wildman–Crippen LogP) is 6.40. The number of amides is 2. The number of carbonyl (C=O) groups is 1. The SMILES string of the molecule is C\C=C(/C=C\C=C/CC)c1nc(-c2ccc(C=NC(C)CC)c(C)c2)c(C(=N)N(C(N)=O)C2CC2)[nH]1. The number of nitrogens with one attached hydrogen (secondary N) is 2. The number of aliphatic imine (C=N–C) groups is 1. The van der Waals surface area contributed by atoms with Crippen LogP contribution in [0.15, 0.2) is 53.6 Å². The largest absolute Gasteiger partial charge is 0.351 e. The molecule has 1 fully saturated rings. The van der Waals surface area contributed by atoms with Gasteiger partial charge in [-0.3, -0.25) is 15.3 Å². The fraction of sp³-hybridized carbons (Fsp3) is 0.379. The van der Waals surface area contributed by atoms with Crippen LogP contribution in [0.2, 0.25) is 0 Å². The van der Waals surface area contributed by atoms with Crippen molar-refractivity contribution in [1.82, 2.24) is 14.9 Å². The molecule has 1 heterocycles. The summed E-state index contributed by atoms with van der Waals surface area (Å²) in [6.45, 7) is 10.3. The number of hydrogen-bond donors (Lipinski definition) is 3. The summed E-state index contributed by atoms with van der Waals surface area (Å²) in [5.74, 6) is 0.679. The molecule has 1 saturated carbocycles. The zero-order chi connectivity index (χ0) is 26.2. The van der Waals surface area contributed by atoms with Gasteiger partial charge >= 0.3 is 6.03 Å². The molecule has 7 heteroatoms. The molecule has 1 atom stereocenters. The molecule has 2 aromatic rings. The molecular formula is C29H38N6O. The predicted molar refractivity (Wildman–Crippen MR) is 150 cm³/mol. The average molecular weight is 487 g/mol. The van der Waals surface area contributed by atoms with Crippen LogP contribution >= 0.6 is 0 Å². The third-order valence-electron chi connectivity index (χ3n) is 6.28. The van der Waals surface area contributed by atoms with Crippen molar-refractivity contribution in [3.63, 3.8) is 0 Å². The van der Waals surface area contributed by atoms with Crippen LogP contribution < -0.4 is 5.73 Å². The van der Waals surface area contributed by atoms with E-state index in [-0.39, 0.29) is 17.9 Å². The number of nitrogens with zero attached hydrogens (tertiary/aromatic N) is 3. The summed E-state index contributed by atoms with van der Waals surface area (Å²) in [6, 6.07) is 5.69. The Balaban J connectivity index is 2.07. The second-order valence-corrected chi connectivity index (χ2v) is 9.14. The van der Waals surface area contributed by atoms with Gasteiger partial charge in [0, 0.05) is 29.4 Å². The average Bonchev–Trinajstić information content (AvgIpc) is 3.59. The molecule has 1 unspecified atom stereocenters. The first-order valence-corrected chi connectivity index (χ1v) is 12.7. The molecule has 3 rings (SSSR count). The van der Waals surface area contributed by atoms with Gasteiger partial charge in [-0.25, -0.2) is 9.78 Å². The highest BCUT2D eigenvalue weighted by atomic mass is 16.2. The summed E-state index contributed by atoms with van der Waals surface area (Å²) in [5, 5.41) is 8.90. The first kappa shape index (κ1) is 26.9. The summed E-state index contributed by atoms with van der Waals surface area (Å²) >= 11 is 0. The minimum absolute atomic E-state index is 0.0317. The van der Waals surface area contributed by atoms with E-state index in [0.29, 0.717) is 17.2 Å². The first-order chi connectivity index (χ1) is 17.3. The van der Waals surface area contributed by atoms with E-state index in [0.717, 1.165) is 47.9 Å². The third kappa shape index (κ3) is 6.47. The fourth-order valence-electron chi connectivity index (χ4n) is 3.78. The molecule has 0 saturated heterocycles. The maximum Gasteiger partial charge on any atom is 0.320 e. The number of primary amides is 1. The van der Waals surface area contributed by atoms with E-state index < -0.39 is 6.03 Å². The molecule has 1 aromatic carbocycles. The summed E-state index contributed by atoms with van der Waals surface area (Å²) in [6.07, 6.45) is 15.6. The van der Waals surface area contributed by atoms with Crippen LogP contribution in [0.1, 0.15) is 76.0 Å². The van der Waals surface area contributed by atoms with Crippen LogP contribution in [0.5, 0.6) is 0 Å². The maximum atomic E-state index is 12.2. The number of amidine groups is 1. The number of carbonyl (C=O) groups excluding carboxylic acids is 1. The zero-order valence-corrected chi connectivity index (χ0v) is 22.0. The van der Waals surface area contributed by atoms with Crippen LogP contribution in [-0.2, 0) is 0 Å². The molecule has 36 heavy (non-hydrogen) atoms. The van der Waals surface area contributed by atoms with E-state index in [2.05, 4.69) is 42.9 Å². The molecule has 7 nitrogen and oxygen atoms in total. The minimum atomic E-state index is -0.617. The second kappa shape index (κ2) is 12.3. The Morgan fingerprint density at radius 3 is 2.67 bits per heavy atom. The molecule has 0 aliphatic heterocycles. The lowest BCUT2D eigenvalue weighted by molar-refractivity contribution is 0.228. The van der Waals surface area contributed by atoms with Gasteiger partial charge in [0.1, 0.15) is 11.5 Å². The number of benzene rings is 1. The van der Waals surface area contributed by atoms with Crippen molar-refractivity contribution in [3.05, 3.63) is 71.2 Å². The van der Waals surface area contributed by atoms with E-state index >= 15 is 0 Å². The van der Waals surface area contributed by atoms with Gasteiger partial charge in [0.25, 0.3) is 0 Å². The van der Waals surface area contributed by atoms with Gasteiger partial charge in [0.05, 0.1) is 5.69 Å². The number of allylic oxidation sites excluding steroid dienone is 6. The first-order valence-electron chi connectivity index (χ1n) is 12.7. The topological polar surface area (TPSA) is 111 Å². The van der Waals surface area contributed by atoms with Crippen molar-refractivity contribution >= 4 is 23.7 Å². The van der Waals surface area contributed by atoms with E-state index in [1.54, 1.807) is 0 Å². The van der Waals surface area contributed by atoms with Crippen molar-refractivity contribution in [2.24, 2.45) is 10.7 Å². The van der Waals surface area contributed by atoms with E-state index in [1.165, 1.54) is 4.90 Å². The lowest BCUT2D eigenvalue weighted by Gasteiger charge is -2.20. The molecule has 0 bridgehead atoms. The number of hydrogen-bond acceptors (Lipinski definition) is 4. The smallest absolute Gasteiger partial charge is 0.320 e. The maximum absolute atomic E-state index is 12.2. The van der Waals surface area contributed by atoms with E-state index in [1.807, 2.05) is 56.5 Å². The Morgan fingerprint density at radius 1 is 1.33 bits per heavy atom. The van der Waals surface area contributed by atoms with Gasteiger partial charge in [-0.2, -0.15) is 0 Å². The van der Waals surface area contributed by atoms with Crippen LogP contribution in [0.4, 0.5) is 4.79 Å². The van der Waals surface area contributed by atoms with Crippen molar-refractivity contribution in [1.29, 1.82) is 5.41 Å². The molecule has 2 amide bonds. The molecule has 1 aromatic heterocycles. The normalized spacial score (nSPS) is 15.3. The molecule has 1 aliphatic rings. The van der Waals surface area contributed by atoms with Crippen molar-refractivity contribution < 1.29 is 4.79 Å². The van der Waals surface area contributed by atoms with Gasteiger partial charge in [0.2, 0.25) is 0 Å². The molecule has 0 radical (unpaired) electrons. The third-order valence-corrected chi connectivity index (χ3v) is 6.28. The van der Waals surface area contributed by atoms with Crippen molar-refractivity contribution in [2.45, 2.75) is 72.4 Å². The molecule has 4 N–H and O–H groups in total. The monoisotopic (exact) mass is 486 g/mol. The van der Waals surface area contributed by atoms with Crippen LogP contribution in [0.25, 0.3) is 16.8 Å². The summed E-state index contributed by atoms with van der Waals surface area (Å²) in [7, 11) is 0. The standard InChI is InChI=1S/C29H38N6O/c1-6-9-10-11-12-21(8-3)28-33-25(26(34-28)27(30)35(29(31)36)24-15-16-24)22-13-14-23(19(4)17-22)18-32-20(5)7-2/h8-14,17-18,20,24,30H,6-7,15-16H2,1-5H3,(H2,31,36)(H,33,34)/b10-9-,12-11-,21-8+,30-27?,32-18?. The number of urea groups is 1. The minimum Gasteiger partial charge on any atom is -0.351 e. The van der Waals surface area contributed by atoms with Crippen LogP contribution in [0, 0.1) is 12.3 Å². The summed E-state index contributed by atoms with van der Waals surface area (Å²) < 4.78 is 0. The number of imidazole rings is 1. The molecule has 190 valence electrons. The highest BCUT2D eigenvalue weighted by molar-refractivity contribution is 6.08. The van der Waals surface area contributed by atoms with Crippen LogP contribution in [-0.4, -0.2) is 45.0 Å². The highest BCUT2D eigenvalue weighted by Gasteiger charge is 2.36.